The third-order valence-electron chi connectivity index (χ3n) is 3.58. The Morgan fingerprint density at radius 2 is 2.31 bits per heavy atom. The van der Waals surface area contributed by atoms with Crippen molar-refractivity contribution in [2.75, 3.05) is 6.61 Å². The first-order valence-corrected chi connectivity index (χ1v) is 6.21. The minimum atomic E-state index is 0.229. The molecule has 1 fully saturated rings. The van der Waals surface area contributed by atoms with Gasteiger partial charge in [0, 0.05) is 12.6 Å². The average Bonchev–Trinajstić information content (AvgIpc) is 2.83. The van der Waals surface area contributed by atoms with E-state index in [0.29, 0.717) is 18.6 Å². The van der Waals surface area contributed by atoms with Crippen LogP contribution >= 0.6 is 0 Å². The summed E-state index contributed by atoms with van der Waals surface area (Å²) in [6, 6.07) is 4.57. The second-order valence-corrected chi connectivity index (χ2v) is 4.74. The molecule has 1 aliphatic rings. The molecule has 0 bridgehead atoms. The smallest absolute Gasteiger partial charge is 0.120 e. The Morgan fingerprint density at radius 1 is 1.50 bits per heavy atom. The van der Waals surface area contributed by atoms with Crippen LogP contribution in [0.5, 0.6) is 0 Å². The van der Waals surface area contributed by atoms with E-state index >= 15 is 0 Å². The summed E-state index contributed by atoms with van der Waals surface area (Å²) in [5.41, 5.74) is 0. The first-order chi connectivity index (χ1) is 7.81. The molecule has 16 heavy (non-hydrogen) atoms. The quantitative estimate of drug-likeness (QED) is 0.824. The normalized spacial score (nSPS) is 27.9. The molecule has 0 amide bonds. The van der Waals surface area contributed by atoms with E-state index in [2.05, 4.69) is 12.2 Å². The van der Waals surface area contributed by atoms with Gasteiger partial charge in [-0.1, -0.05) is 12.8 Å². The van der Waals surface area contributed by atoms with Gasteiger partial charge in [-0.15, -0.1) is 0 Å². The van der Waals surface area contributed by atoms with Crippen LogP contribution in [0.2, 0.25) is 0 Å². The number of aliphatic hydroxyl groups is 1. The van der Waals surface area contributed by atoms with E-state index < -0.39 is 0 Å². The second kappa shape index (κ2) is 5.51. The van der Waals surface area contributed by atoms with E-state index in [9.17, 15) is 5.11 Å². The fraction of sp³-hybridized carbons (Fsp3) is 0.692. The maximum absolute atomic E-state index is 9.34. The number of furan rings is 1. The molecule has 3 heteroatoms. The van der Waals surface area contributed by atoms with Crippen LogP contribution in [0, 0.1) is 5.92 Å². The predicted molar refractivity (Wildman–Crippen MR) is 63.1 cm³/mol. The molecule has 3 unspecified atom stereocenters. The van der Waals surface area contributed by atoms with Crippen molar-refractivity contribution in [1.29, 1.82) is 0 Å². The van der Waals surface area contributed by atoms with Crippen molar-refractivity contribution in [1.82, 2.24) is 5.32 Å². The highest BCUT2D eigenvalue weighted by molar-refractivity contribution is 5.03. The van der Waals surface area contributed by atoms with E-state index in [1.54, 1.807) is 6.26 Å². The summed E-state index contributed by atoms with van der Waals surface area (Å²) >= 11 is 0. The SMILES string of the molecule is CC(NC1CCCCC1CO)c1ccco1. The van der Waals surface area contributed by atoms with Gasteiger partial charge >= 0.3 is 0 Å². The molecule has 1 aromatic rings. The van der Waals surface area contributed by atoms with Gasteiger partial charge in [-0.2, -0.15) is 0 Å². The zero-order chi connectivity index (χ0) is 11.4. The first-order valence-electron chi connectivity index (χ1n) is 6.21. The largest absolute Gasteiger partial charge is 0.468 e. The fourth-order valence-corrected chi connectivity index (χ4v) is 2.59. The minimum absolute atomic E-state index is 0.229. The lowest BCUT2D eigenvalue weighted by Gasteiger charge is -2.32. The molecular formula is C13H21NO2. The number of nitrogens with one attached hydrogen (secondary N) is 1. The monoisotopic (exact) mass is 223 g/mol. The highest BCUT2D eigenvalue weighted by atomic mass is 16.3. The Kier molecular flexibility index (Phi) is 4.02. The molecule has 0 radical (unpaired) electrons. The molecule has 90 valence electrons. The summed E-state index contributed by atoms with van der Waals surface area (Å²) < 4.78 is 5.38. The van der Waals surface area contributed by atoms with Crippen LogP contribution in [0.25, 0.3) is 0 Å². The van der Waals surface area contributed by atoms with Crippen molar-refractivity contribution in [3.05, 3.63) is 24.2 Å². The van der Waals surface area contributed by atoms with Crippen LogP contribution < -0.4 is 5.32 Å². The summed E-state index contributed by atoms with van der Waals surface area (Å²) in [6.45, 7) is 2.41. The van der Waals surface area contributed by atoms with Gasteiger partial charge in [0.15, 0.2) is 0 Å². The zero-order valence-electron chi connectivity index (χ0n) is 9.86. The van der Waals surface area contributed by atoms with Crippen LogP contribution in [-0.4, -0.2) is 17.8 Å². The Labute approximate surface area is 96.8 Å². The van der Waals surface area contributed by atoms with Crippen LogP contribution in [0.1, 0.15) is 44.4 Å². The number of aliphatic hydroxyl groups excluding tert-OH is 1. The maximum Gasteiger partial charge on any atom is 0.120 e. The third-order valence-corrected chi connectivity index (χ3v) is 3.58. The molecule has 2 N–H and O–H groups in total. The lowest BCUT2D eigenvalue weighted by molar-refractivity contribution is 0.145. The molecule has 3 atom stereocenters. The van der Waals surface area contributed by atoms with Crippen LogP contribution in [0.15, 0.2) is 22.8 Å². The van der Waals surface area contributed by atoms with Crippen LogP contribution in [0.4, 0.5) is 0 Å². The molecule has 0 aromatic carbocycles. The van der Waals surface area contributed by atoms with Gasteiger partial charge < -0.3 is 14.8 Å². The zero-order valence-corrected chi connectivity index (χ0v) is 9.86. The van der Waals surface area contributed by atoms with Crippen molar-refractivity contribution in [2.45, 2.75) is 44.7 Å². The second-order valence-electron chi connectivity index (χ2n) is 4.74. The summed E-state index contributed by atoms with van der Waals surface area (Å²) in [5.74, 6) is 1.38. The van der Waals surface area contributed by atoms with Crippen LogP contribution in [0.3, 0.4) is 0 Å². The molecule has 1 saturated carbocycles. The summed E-state index contributed by atoms with van der Waals surface area (Å²) in [4.78, 5) is 0. The molecule has 0 saturated heterocycles. The number of rotatable bonds is 4. The minimum Gasteiger partial charge on any atom is -0.468 e. The molecule has 1 heterocycles. The van der Waals surface area contributed by atoms with Crippen molar-refractivity contribution >= 4 is 0 Å². The van der Waals surface area contributed by atoms with E-state index in [0.717, 1.165) is 18.6 Å². The number of hydrogen-bond donors (Lipinski definition) is 2. The van der Waals surface area contributed by atoms with Gasteiger partial charge in [-0.3, -0.25) is 0 Å². The van der Waals surface area contributed by atoms with E-state index in [1.165, 1.54) is 12.8 Å². The van der Waals surface area contributed by atoms with Crippen molar-refractivity contribution in [3.8, 4) is 0 Å². The molecule has 0 aliphatic heterocycles. The Bertz CT molecular complexity index is 297. The van der Waals surface area contributed by atoms with E-state index in [1.807, 2.05) is 12.1 Å². The first kappa shape index (κ1) is 11.7. The summed E-state index contributed by atoms with van der Waals surface area (Å²) in [6.07, 6.45) is 6.52. The van der Waals surface area contributed by atoms with Crippen molar-refractivity contribution in [3.63, 3.8) is 0 Å². The van der Waals surface area contributed by atoms with Crippen molar-refractivity contribution < 1.29 is 9.52 Å². The highest BCUT2D eigenvalue weighted by Gasteiger charge is 2.26. The molecule has 1 aromatic heterocycles. The predicted octanol–water partition coefficient (Wildman–Crippen LogP) is 2.48. The summed E-state index contributed by atoms with van der Waals surface area (Å²) in [5, 5.41) is 12.9. The molecule has 3 nitrogen and oxygen atoms in total. The Morgan fingerprint density at radius 3 is 3.00 bits per heavy atom. The fourth-order valence-electron chi connectivity index (χ4n) is 2.59. The van der Waals surface area contributed by atoms with E-state index in [-0.39, 0.29) is 6.04 Å². The summed E-state index contributed by atoms with van der Waals surface area (Å²) in [7, 11) is 0. The van der Waals surface area contributed by atoms with Gasteiger partial charge in [0.2, 0.25) is 0 Å². The van der Waals surface area contributed by atoms with Gasteiger partial charge in [0.05, 0.1) is 12.3 Å². The Balaban J connectivity index is 1.92. The van der Waals surface area contributed by atoms with Gasteiger partial charge in [0.1, 0.15) is 5.76 Å². The average molecular weight is 223 g/mol. The highest BCUT2D eigenvalue weighted by Crippen LogP contribution is 2.26. The topological polar surface area (TPSA) is 45.4 Å². The maximum atomic E-state index is 9.34. The lowest BCUT2D eigenvalue weighted by atomic mass is 9.84. The van der Waals surface area contributed by atoms with Gasteiger partial charge in [-0.05, 0) is 37.8 Å². The van der Waals surface area contributed by atoms with E-state index in [4.69, 9.17) is 4.42 Å². The van der Waals surface area contributed by atoms with Crippen molar-refractivity contribution in [2.24, 2.45) is 5.92 Å². The van der Waals surface area contributed by atoms with Gasteiger partial charge in [-0.25, -0.2) is 0 Å². The van der Waals surface area contributed by atoms with Crippen LogP contribution in [-0.2, 0) is 0 Å². The molecule has 1 aliphatic carbocycles. The number of hydrogen-bond acceptors (Lipinski definition) is 3. The third kappa shape index (κ3) is 2.66. The lowest BCUT2D eigenvalue weighted by Crippen LogP contribution is -2.41. The standard InChI is InChI=1S/C13H21NO2/c1-10(13-7-4-8-16-13)14-12-6-3-2-5-11(12)9-15/h4,7-8,10-12,14-15H,2-3,5-6,9H2,1H3. The van der Waals surface area contributed by atoms with Gasteiger partial charge in [0.25, 0.3) is 0 Å². The molecule has 2 rings (SSSR count). The molecular weight excluding hydrogens is 202 g/mol. The Hall–Kier alpha value is -0.800. The molecule has 0 spiro atoms.